The van der Waals surface area contributed by atoms with E-state index in [2.05, 4.69) is 6.07 Å². The Balaban J connectivity index is 1.85. The second-order valence-electron chi connectivity index (χ2n) is 6.69. The summed E-state index contributed by atoms with van der Waals surface area (Å²) in [6.45, 7) is 0.685. The predicted molar refractivity (Wildman–Crippen MR) is 95.9 cm³/mol. The first-order valence-corrected chi connectivity index (χ1v) is 8.76. The van der Waals surface area contributed by atoms with Crippen molar-refractivity contribution < 1.29 is 19.0 Å². The van der Waals surface area contributed by atoms with Crippen LogP contribution >= 0.6 is 0 Å². The molecule has 0 unspecified atom stereocenters. The second kappa shape index (κ2) is 6.43. The van der Waals surface area contributed by atoms with Crippen molar-refractivity contribution in [1.29, 1.82) is 0 Å². The Bertz CT molecular complexity index is 821. The second-order valence-corrected chi connectivity index (χ2v) is 6.69. The number of ketones is 1. The third-order valence-electron chi connectivity index (χ3n) is 5.03. The number of rotatable bonds is 6. The number of ether oxygens (including phenoxy) is 3. The molecule has 2 aliphatic carbocycles. The highest BCUT2D eigenvalue weighted by Gasteiger charge is 2.27. The highest BCUT2D eigenvalue weighted by Crippen LogP contribution is 2.47. The number of hydrogen-bond acceptors (Lipinski definition) is 4. The molecule has 0 saturated heterocycles. The summed E-state index contributed by atoms with van der Waals surface area (Å²) in [6, 6.07) is 9.82. The van der Waals surface area contributed by atoms with Gasteiger partial charge in [0.1, 0.15) is 0 Å². The SMILES string of the molecule is COc1ccc(-c2cccc3c2CCC3=O)c(OCC2CC2)c1OC. The molecule has 1 fully saturated rings. The minimum Gasteiger partial charge on any atom is -0.493 e. The fourth-order valence-electron chi connectivity index (χ4n) is 3.48. The van der Waals surface area contributed by atoms with Crippen LogP contribution < -0.4 is 14.2 Å². The van der Waals surface area contributed by atoms with Gasteiger partial charge in [0.25, 0.3) is 0 Å². The van der Waals surface area contributed by atoms with Crippen molar-refractivity contribution in [2.45, 2.75) is 25.7 Å². The molecule has 0 N–H and O–H groups in total. The monoisotopic (exact) mass is 338 g/mol. The molecule has 0 aromatic heterocycles. The number of carbonyl (C=O) groups excluding carboxylic acids is 1. The van der Waals surface area contributed by atoms with Crippen LogP contribution in [0.15, 0.2) is 30.3 Å². The minimum absolute atomic E-state index is 0.220. The molecule has 1 saturated carbocycles. The van der Waals surface area contributed by atoms with E-state index in [-0.39, 0.29) is 5.78 Å². The number of hydrogen-bond donors (Lipinski definition) is 0. The molecule has 0 radical (unpaired) electrons. The summed E-state index contributed by atoms with van der Waals surface area (Å²) < 4.78 is 17.2. The fourth-order valence-corrected chi connectivity index (χ4v) is 3.48. The van der Waals surface area contributed by atoms with Gasteiger partial charge >= 0.3 is 0 Å². The van der Waals surface area contributed by atoms with E-state index in [0.717, 1.165) is 28.7 Å². The average molecular weight is 338 g/mol. The van der Waals surface area contributed by atoms with Gasteiger partial charge in [-0.2, -0.15) is 0 Å². The van der Waals surface area contributed by atoms with Crippen molar-refractivity contribution in [3.05, 3.63) is 41.5 Å². The van der Waals surface area contributed by atoms with Crippen molar-refractivity contribution >= 4 is 5.78 Å². The molecular weight excluding hydrogens is 316 g/mol. The predicted octanol–water partition coefficient (Wildman–Crippen LogP) is 4.29. The Kier molecular flexibility index (Phi) is 4.12. The van der Waals surface area contributed by atoms with Gasteiger partial charge in [-0.1, -0.05) is 18.2 Å². The summed E-state index contributed by atoms with van der Waals surface area (Å²) in [5.74, 6) is 2.83. The minimum atomic E-state index is 0.220. The van der Waals surface area contributed by atoms with Gasteiger partial charge in [-0.25, -0.2) is 0 Å². The van der Waals surface area contributed by atoms with Crippen LogP contribution in [-0.2, 0) is 6.42 Å². The standard InChI is InChI=1S/C21H22O4/c1-23-19-11-9-17(20(21(19)24-2)25-12-13-6-7-13)14-4-3-5-16-15(14)8-10-18(16)22/h3-5,9,11,13H,6-8,10,12H2,1-2H3. The highest BCUT2D eigenvalue weighted by atomic mass is 16.5. The molecule has 2 aromatic carbocycles. The van der Waals surface area contributed by atoms with E-state index in [1.165, 1.54) is 12.8 Å². The maximum absolute atomic E-state index is 12.1. The molecule has 0 spiro atoms. The van der Waals surface area contributed by atoms with Gasteiger partial charge in [0.15, 0.2) is 17.3 Å². The van der Waals surface area contributed by atoms with Gasteiger partial charge in [0, 0.05) is 17.5 Å². The van der Waals surface area contributed by atoms with Gasteiger partial charge < -0.3 is 14.2 Å². The number of methoxy groups -OCH3 is 2. The first kappa shape index (κ1) is 16.0. The Morgan fingerprint density at radius 1 is 0.920 bits per heavy atom. The van der Waals surface area contributed by atoms with Crippen LogP contribution in [0, 0.1) is 5.92 Å². The summed E-state index contributed by atoms with van der Waals surface area (Å²) in [6.07, 6.45) is 3.80. The van der Waals surface area contributed by atoms with E-state index in [4.69, 9.17) is 14.2 Å². The lowest BCUT2D eigenvalue weighted by molar-refractivity contribution is 0.0994. The maximum atomic E-state index is 12.1. The average Bonchev–Trinajstić information content (AvgIpc) is 3.40. The number of carbonyl (C=O) groups is 1. The van der Waals surface area contributed by atoms with Gasteiger partial charge in [-0.15, -0.1) is 0 Å². The normalized spacial score (nSPS) is 15.8. The summed E-state index contributed by atoms with van der Waals surface area (Å²) >= 11 is 0. The summed E-state index contributed by atoms with van der Waals surface area (Å²) in [5.41, 5.74) is 3.95. The van der Waals surface area contributed by atoms with Crippen LogP contribution in [0.3, 0.4) is 0 Å². The topological polar surface area (TPSA) is 44.8 Å². The maximum Gasteiger partial charge on any atom is 0.203 e. The van der Waals surface area contributed by atoms with E-state index >= 15 is 0 Å². The van der Waals surface area contributed by atoms with Gasteiger partial charge in [0.2, 0.25) is 5.75 Å². The highest BCUT2D eigenvalue weighted by molar-refractivity contribution is 6.02. The molecule has 130 valence electrons. The Morgan fingerprint density at radius 2 is 1.72 bits per heavy atom. The van der Waals surface area contributed by atoms with E-state index in [1.54, 1.807) is 14.2 Å². The summed E-state index contributed by atoms with van der Waals surface area (Å²) in [5, 5.41) is 0. The van der Waals surface area contributed by atoms with Crippen molar-refractivity contribution in [2.24, 2.45) is 5.92 Å². The van der Waals surface area contributed by atoms with Crippen molar-refractivity contribution in [1.82, 2.24) is 0 Å². The number of fused-ring (bicyclic) bond motifs is 1. The fraction of sp³-hybridized carbons (Fsp3) is 0.381. The quantitative estimate of drug-likeness (QED) is 0.788. The molecule has 4 rings (SSSR count). The zero-order valence-electron chi connectivity index (χ0n) is 14.6. The van der Waals surface area contributed by atoms with E-state index in [0.29, 0.717) is 36.2 Å². The molecule has 2 aromatic rings. The molecular formula is C21H22O4. The first-order valence-electron chi connectivity index (χ1n) is 8.76. The zero-order chi connectivity index (χ0) is 17.4. The molecule has 2 aliphatic rings. The van der Waals surface area contributed by atoms with Crippen molar-refractivity contribution in [2.75, 3.05) is 20.8 Å². The van der Waals surface area contributed by atoms with E-state index in [9.17, 15) is 4.79 Å². The van der Waals surface area contributed by atoms with Gasteiger partial charge in [0.05, 0.1) is 20.8 Å². The molecule has 4 nitrogen and oxygen atoms in total. The Labute approximate surface area is 147 Å². The van der Waals surface area contributed by atoms with Crippen LogP contribution in [0.5, 0.6) is 17.2 Å². The van der Waals surface area contributed by atoms with Crippen molar-refractivity contribution in [3.8, 4) is 28.4 Å². The lowest BCUT2D eigenvalue weighted by Gasteiger charge is -2.19. The van der Waals surface area contributed by atoms with E-state index < -0.39 is 0 Å². The van der Waals surface area contributed by atoms with E-state index in [1.807, 2.05) is 24.3 Å². The number of benzene rings is 2. The van der Waals surface area contributed by atoms with Crippen LogP contribution in [-0.4, -0.2) is 26.6 Å². The van der Waals surface area contributed by atoms with Crippen LogP contribution in [0.25, 0.3) is 11.1 Å². The summed E-state index contributed by atoms with van der Waals surface area (Å²) in [7, 11) is 3.26. The van der Waals surface area contributed by atoms with Crippen LogP contribution in [0.4, 0.5) is 0 Å². The van der Waals surface area contributed by atoms with Crippen LogP contribution in [0.1, 0.15) is 35.2 Å². The molecule has 0 amide bonds. The molecule has 25 heavy (non-hydrogen) atoms. The Hall–Kier alpha value is -2.49. The van der Waals surface area contributed by atoms with Gasteiger partial charge in [-0.05, 0) is 48.4 Å². The molecule has 0 heterocycles. The number of Topliss-reactive ketones (excluding diaryl/α,β-unsaturated/α-hetero) is 1. The molecule has 0 aliphatic heterocycles. The zero-order valence-corrected chi connectivity index (χ0v) is 14.6. The van der Waals surface area contributed by atoms with Crippen molar-refractivity contribution in [3.63, 3.8) is 0 Å². The third-order valence-corrected chi connectivity index (χ3v) is 5.03. The molecule has 0 bridgehead atoms. The first-order chi connectivity index (χ1) is 12.2. The molecule has 0 atom stereocenters. The third kappa shape index (κ3) is 2.86. The van der Waals surface area contributed by atoms with Gasteiger partial charge in [-0.3, -0.25) is 4.79 Å². The van der Waals surface area contributed by atoms with Crippen LogP contribution in [0.2, 0.25) is 0 Å². The Morgan fingerprint density at radius 3 is 2.44 bits per heavy atom. The smallest absolute Gasteiger partial charge is 0.203 e. The molecule has 4 heteroatoms. The lowest BCUT2D eigenvalue weighted by atomic mass is 9.95. The lowest BCUT2D eigenvalue weighted by Crippen LogP contribution is -2.04. The summed E-state index contributed by atoms with van der Waals surface area (Å²) in [4.78, 5) is 12.1. The largest absolute Gasteiger partial charge is 0.493 e.